The first-order valence-corrected chi connectivity index (χ1v) is 6.13. The van der Waals surface area contributed by atoms with Crippen molar-refractivity contribution in [3.8, 4) is 0 Å². The Kier molecular flexibility index (Phi) is 10.1. The molecule has 0 aromatic carbocycles. The monoisotopic (exact) mass is 272 g/mol. The van der Waals surface area contributed by atoms with Gasteiger partial charge in [-0.25, -0.2) is 4.79 Å². The molecular formula is C12H20N2O5. The number of allylic oxidation sites excluding steroid dienone is 2. The average molecular weight is 272 g/mol. The fourth-order valence-electron chi connectivity index (χ4n) is 1.26. The molecule has 0 heterocycles. The normalized spacial score (nSPS) is 11.9. The van der Waals surface area contributed by atoms with Gasteiger partial charge in [-0.1, -0.05) is 12.2 Å². The third-order valence-corrected chi connectivity index (χ3v) is 2.21. The third-order valence-electron chi connectivity index (χ3n) is 2.21. The minimum atomic E-state index is -0.724. The van der Waals surface area contributed by atoms with Gasteiger partial charge in [-0.05, 0) is 26.7 Å². The van der Waals surface area contributed by atoms with E-state index in [9.17, 15) is 14.5 Å². The van der Waals surface area contributed by atoms with E-state index in [0.717, 1.165) is 12.8 Å². The quantitative estimate of drug-likeness (QED) is 0.214. The van der Waals surface area contributed by atoms with E-state index in [1.54, 1.807) is 0 Å². The van der Waals surface area contributed by atoms with Crippen molar-refractivity contribution in [3.05, 3.63) is 17.1 Å². The van der Waals surface area contributed by atoms with Crippen LogP contribution in [0.5, 0.6) is 0 Å². The van der Waals surface area contributed by atoms with E-state index in [2.05, 4.69) is 15.5 Å². The molecule has 1 amide bonds. The summed E-state index contributed by atoms with van der Waals surface area (Å²) in [5.41, 5.74) is 0. The average Bonchev–Trinajstić information content (AvgIpc) is 2.39. The molecule has 0 saturated carbocycles. The molecule has 0 aromatic heterocycles. The number of unbranched alkanes of at least 4 members (excludes halogenated alkanes) is 1. The predicted octanol–water partition coefficient (Wildman–Crippen LogP) is 1.48. The molecule has 19 heavy (non-hydrogen) atoms. The zero-order valence-electron chi connectivity index (χ0n) is 11.3. The van der Waals surface area contributed by atoms with E-state index in [0.29, 0.717) is 6.42 Å². The van der Waals surface area contributed by atoms with Crippen molar-refractivity contribution in [1.82, 2.24) is 5.32 Å². The second kappa shape index (κ2) is 11.2. The second-order valence-corrected chi connectivity index (χ2v) is 3.83. The summed E-state index contributed by atoms with van der Waals surface area (Å²) in [5, 5.41) is 4.69. The molecule has 0 rings (SSSR count). The van der Waals surface area contributed by atoms with E-state index in [-0.39, 0.29) is 19.1 Å². The summed E-state index contributed by atoms with van der Waals surface area (Å²) in [7, 11) is 0. The van der Waals surface area contributed by atoms with Crippen LogP contribution in [-0.4, -0.2) is 31.1 Å². The molecule has 0 spiro atoms. The van der Waals surface area contributed by atoms with Crippen LogP contribution in [-0.2, 0) is 19.2 Å². The Morgan fingerprint density at radius 1 is 1.37 bits per heavy atom. The Bertz CT molecular complexity index is 317. The van der Waals surface area contributed by atoms with Crippen LogP contribution >= 0.6 is 0 Å². The van der Waals surface area contributed by atoms with Gasteiger partial charge in [0, 0.05) is 6.42 Å². The highest BCUT2D eigenvalue weighted by Crippen LogP contribution is 1.98. The second-order valence-electron chi connectivity index (χ2n) is 3.83. The highest BCUT2D eigenvalue weighted by Gasteiger charge is 2.16. The van der Waals surface area contributed by atoms with Crippen molar-refractivity contribution >= 4 is 11.9 Å². The van der Waals surface area contributed by atoms with Crippen molar-refractivity contribution in [3.63, 3.8) is 0 Å². The predicted molar refractivity (Wildman–Crippen MR) is 69.0 cm³/mol. The maximum absolute atomic E-state index is 11.5. The molecule has 0 aliphatic heterocycles. The summed E-state index contributed by atoms with van der Waals surface area (Å²) < 4.78 is 4.76. The van der Waals surface area contributed by atoms with Gasteiger partial charge in [-0.15, -0.1) is 4.91 Å². The molecular weight excluding hydrogens is 252 g/mol. The number of carbonyl (C=O) groups is 2. The molecule has 0 bridgehead atoms. The van der Waals surface area contributed by atoms with Gasteiger partial charge in [0.2, 0.25) is 5.91 Å². The molecule has 0 aliphatic carbocycles. The Morgan fingerprint density at radius 2 is 2.11 bits per heavy atom. The Hall–Kier alpha value is -1.92. The van der Waals surface area contributed by atoms with Gasteiger partial charge in [-0.2, -0.15) is 0 Å². The topological polar surface area (TPSA) is 94.1 Å². The summed E-state index contributed by atoms with van der Waals surface area (Å²) >= 11 is 0. The SMILES string of the molecule is CC=CCCCC(=O)NC(C)C(=O)OCCON=O. The molecule has 0 fully saturated rings. The van der Waals surface area contributed by atoms with Crippen LogP contribution in [0.25, 0.3) is 0 Å². The first kappa shape index (κ1) is 17.1. The van der Waals surface area contributed by atoms with E-state index < -0.39 is 12.0 Å². The number of nitrogens with one attached hydrogen (secondary N) is 1. The lowest BCUT2D eigenvalue weighted by Gasteiger charge is -2.12. The smallest absolute Gasteiger partial charge is 0.328 e. The van der Waals surface area contributed by atoms with Crippen LogP contribution in [0.15, 0.2) is 17.5 Å². The molecule has 7 nitrogen and oxygen atoms in total. The Balaban J connectivity index is 3.75. The van der Waals surface area contributed by atoms with Gasteiger partial charge in [0.15, 0.2) is 11.9 Å². The van der Waals surface area contributed by atoms with Gasteiger partial charge < -0.3 is 14.9 Å². The third kappa shape index (κ3) is 9.75. The summed E-state index contributed by atoms with van der Waals surface area (Å²) in [6, 6.07) is -0.724. The molecule has 1 unspecified atom stereocenters. The molecule has 0 saturated heterocycles. The number of amides is 1. The molecule has 0 aromatic rings. The van der Waals surface area contributed by atoms with Crippen LogP contribution in [0.1, 0.15) is 33.1 Å². The van der Waals surface area contributed by atoms with Gasteiger partial charge in [0.05, 0.1) is 0 Å². The summed E-state index contributed by atoms with van der Waals surface area (Å²) in [6.07, 6.45) is 5.83. The molecule has 1 N–H and O–H groups in total. The van der Waals surface area contributed by atoms with Crippen molar-refractivity contribution in [2.75, 3.05) is 13.2 Å². The molecule has 0 radical (unpaired) electrons. The lowest BCUT2D eigenvalue weighted by molar-refractivity contribution is -0.148. The first-order valence-electron chi connectivity index (χ1n) is 6.13. The van der Waals surface area contributed by atoms with Crippen molar-refractivity contribution in [1.29, 1.82) is 0 Å². The minimum Gasteiger partial charge on any atom is -0.460 e. The van der Waals surface area contributed by atoms with E-state index in [1.807, 2.05) is 19.1 Å². The number of hydrogen-bond acceptors (Lipinski definition) is 6. The fourth-order valence-corrected chi connectivity index (χ4v) is 1.26. The fraction of sp³-hybridized carbons (Fsp3) is 0.667. The van der Waals surface area contributed by atoms with E-state index in [4.69, 9.17) is 4.74 Å². The number of carbonyl (C=O) groups excluding carboxylic acids is 2. The maximum Gasteiger partial charge on any atom is 0.328 e. The maximum atomic E-state index is 11.5. The Morgan fingerprint density at radius 3 is 2.74 bits per heavy atom. The number of esters is 1. The highest BCUT2D eigenvalue weighted by molar-refractivity contribution is 5.84. The summed E-state index contributed by atoms with van der Waals surface area (Å²) in [4.78, 5) is 36.6. The molecule has 1 atom stereocenters. The zero-order valence-corrected chi connectivity index (χ0v) is 11.3. The largest absolute Gasteiger partial charge is 0.460 e. The van der Waals surface area contributed by atoms with Gasteiger partial charge >= 0.3 is 5.97 Å². The summed E-state index contributed by atoms with van der Waals surface area (Å²) in [5.74, 6) is -0.768. The number of rotatable bonds is 10. The van der Waals surface area contributed by atoms with Crippen LogP contribution in [0, 0.1) is 4.91 Å². The molecule has 7 heteroatoms. The summed E-state index contributed by atoms with van der Waals surface area (Å²) in [6.45, 7) is 3.28. The molecule has 0 aliphatic rings. The van der Waals surface area contributed by atoms with E-state index >= 15 is 0 Å². The zero-order chi connectivity index (χ0) is 14.5. The highest BCUT2D eigenvalue weighted by atomic mass is 16.7. The van der Waals surface area contributed by atoms with Crippen LogP contribution < -0.4 is 5.32 Å². The van der Waals surface area contributed by atoms with E-state index in [1.165, 1.54) is 6.92 Å². The van der Waals surface area contributed by atoms with Crippen molar-refractivity contribution in [2.45, 2.75) is 39.2 Å². The number of hydrogen-bond donors (Lipinski definition) is 1. The van der Waals surface area contributed by atoms with Gasteiger partial charge in [-0.3, -0.25) is 4.79 Å². The molecule has 108 valence electrons. The lowest BCUT2D eigenvalue weighted by Crippen LogP contribution is -2.39. The minimum absolute atomic E-state index is 0.0773. The van der Waals surface area contributed by atoms with Crippen molar-refractivity contribution < 1.29 is 19.2 Å². The van der Waals surface area contributed by atoms with Crippen LogP contribution in [0.2, 0.25) is 0 Å². The Labute approximate surface area is 112 Å². The van der Waals surface area contributed by atoms with Gasteiger partial charge in [0.25, 0.3) is 0 Å². The number of ether oxygens (including phenoxy) is 1. The van der Waals surface area contributed by atoms with Gasteiger partial charge in [0.1, 0.15) is 12.6 Å². The number of nitrogens with zero attached hydrogens (tertiary/aromatic N) is 1. The van der Waals surface area contributed by atoms with Crippen LogP contribution in [0.4, 0.5) is 0 Å². The standard InChI is InChI=1S/C12H20N2O5/c1-3-4-5-6-7-11(15)13-10(2)12(16)18-8-9-19-14-17/h3-4,10H,5-9H2,1-2H3,(H,13,15). The lowest BCUT2D eigenvalue weighted by atomic mass is 10.2. The van der Waals surface area contributed by atoms with Crippen LogP contribution in [0.3, 0.4) is 0 Å². The van der Waals surface area contributed by atoms with Crippen molar-refractivity contribution in [2.24, 2.45) is 5.34 Å². The first-order chi connectivity index (χ1) is 9.11.